The summed E-state index contributed by atoms with van der Waals surface area (Å²) in [7, 11) is 2.94. The molecule has 0 aliphatic rings. The number of rotatable bonds is 6. The van der Waals surface area contributed by atoms with Crippen LogP contribution in [-0.4, -0.2) is 26.0 Å². The predicted octanol–water partition coefficient (Wildman–Crippen LogP) is 4.33. The van der Waals surface area contributed by atoms with Crippen LogP contribution in [0.2, 0.25) is 0 Å². The van der Waals surface area contributed by atoms with Crippen LogP contribution in [0.5, 0.6) is 11.5 Å². The van der Waals surface area contributed by atoms with E-state index in [1.807, 2.05) is 0 Å². The lowest BCUT2D eigenvalue weighted by atomic mass is 10.1. The van der Waals surface area contributed by atoms with Gasteiger partial charge in [-0.25, -0.2) is 0 Å². The fourth-order valence-electron chi connectivity index (χ4n) is 2.44. The maximum Gasteiger partial charge on any atom is 0.418 e. The van der Waals surface area contributed by atoms with Gasteiger partial charge in [-0.15, -0.1) is 0 Å². The van der Waals surface area contributed by atoms with Gasteiger partial charge in [0.05, 0.1) is 25.5 Å². The number of alkyl halides is 3. The standard InChI is InChI=1S/C20H19F3N2O4/c1-12(26)24-14-5-6-18(17(10-14)20(21,22)23)25-19(27)7-4-13-8-15(28-2)11-16(9-13)29-3/h4-11H,1-3H3,(H,24,26)(H,25,27)/b7-4+. The van der Waals surface area contributed by atoms with Crippen LogP contribution in [0.4, 0.5) is 24.5 Å². The molecule has 0 heterocycles. The molecule has 0 unspecified atom stereocenters. The van der Waals surface area contributed by atoms with Crippen LogP contribution >= 0.6 is 0 Å². The van der Waals surface area contributed by atoms with Crippen LogP contribution in [-0.2, 0) is 15.8 Å². The first-order chi connectivity index (χ1) is 13.6. The normalized spacial score (nSPS) is 11.2. The quantitative estimate of drug-likeness (QED) is 0.698. The van der Waals surface area contributed by atoms with Crippen LogP contribution < -0.4 is 20.1 Å². The Bertz CT molecular complexity index is 918. The summed E-state index contributed by atoms with van der Waals surface area (Å²) in [5, 5.41) is 4.48. The molecule has 0 fully saturated rings. The molecule has 2 rings (SSSR count). The van der Waals surface area contributed by atoms with Gasteiger partial charge in [0.1, 0.15) is 11.5 Å². The highest BCUT2D eigenvalue weighted by Crippen LogP contribution is 2.36. The second-order valence-corrected chi connectivity index (χ2v) is 5.91. The molecule has 0 aromatic heterocycles. The zero-order valence-electron chi connectivity index (χ0n) is 15.9. The Kier molecular flexibility index (Phi) is 6.87. The SMILES string of the molecule is COc1cc(/C=C/C(=O)Nc2ccc(NC(C)=O)cc2C(F)(F)F)cc(OC)c1. The van der Waals surface area contributed by atoms with Gasteiger partial charge in [0.2, 0.25) is 11.8 Å². The van der Waals surface area contributed by atoms with E-state index >= 15 is 0 Å². The summed E-state index contributed by atoms with van der Waals surface area (Å²) in [6.45, 7) is 1.18. The molecule has 0 spiro atoms. The number of hydrogen-bond acceptors (Lipinski definition) is 4. The van der Waals surface area contributed by atoms with Gasteiger partial charge in [0.25, 0.3) is 0 Å². The average Bonchev–Trinajstić information content (AvgIpc) is 2.66. The highest BCUT2D eigenvalue weighted by atomic mass is 19.4. The summed E-state index contributed by atoms with van der Waals surface area (Å²) in [5.74, 6) is -0.272. The molecule has 0 saturated carbocycles. The molecule has 0 aliphatic carbocycles. The van der Waals surface area contributed by atoms with Crippen molar-refractivity contribution in [1.29, 1.82) is 0 Å². The topological polar surface area (TPSA) is 76.7 Å². The third-order valence-corrected chi connectivity index (χ3v) is 3.70. The molecule has 0 aliphatic heterocycles. The van der Waals surface area contributed by atoms with E-state index in [0.29, 0.717) is 17.1 Å². The maximum atomic E-state index is 13.3. The highest BCUT2D eigenvalue weighted by Gasteiger charge is 2.34. The van der Waals surface area contributed by atoms with Gasteiger partial charge >= 0.3 is 6.18 Å². The lowest BCUT2D eigenvalue weighted by molar-refractivity contribution is -0.137. The third kappa shape index (κ3) is 6.27. The van der Waals surface area contributed by atoms with Gasteiger partial charge in [-0.2, -0.15) is 13.2 Å². The zero-order chi connectivity index (χ0) is 21.6. The summed E-state index contributed by atoms with van der Waals surface area (Å²) in [5.41, 5.74) is -0.965. The molecular formula is C20H19F3N2O4. The van der Waals surface area contributed by atoms with Crippen LogP contribution in [0.15, 0.2) is 42.5 Å². The summed E-state index contributed by atoms with van der Waals surface area (Å²) >= 11 is 0. The summed E-state index contributed by atoms with van der Waals surface area (Å²) in [6, 6.07) is 8.01. The fourth-order valence-corrected chi connectivity index (χ4v) is 2.44. The molecule has 2 amide bonds. The van der Waals surface area contributed by atoms with E-state index in [1.165, 1.54) is 33.3 Å². The summed E-state index contributed by atoms with van der Waals surface area (Å²) in [4.78, 5) is 23.2. The molecule has 2 aromatic rings. The Hall–Kier alpha value is -3.49. The van der Waals surface area contributed by atoms with Gasteiger partial charge in [-0.05, 0) is 42.0 Å². The number of carbonyl (C=O) groups excluding carboxylic acids is 2. The Labute approximate surface area is 165 Å². The van der Waals surface area contributed by atoms with Crippen molar-refractivity contribution in [3.63, 3.8) is 0 Å². The largest absolute Gasteiger partial charge is 0.497 e. The van der Waals surface area contributed by atoms with Gasteiger partial charge in [0.15, 0.2) is 0 Å². The molecule has 0 atom stereocenters. The number of carbonyl (C=O) groups is 2. The van der Waals surface area contributed by atoms with E-state index in [2.05, 4.69) is 10.6 Å². The molecular weight excluding hydrogens is 389 g/mol. The number of amides is 2. The van der Waals surface area contributed by atoms with Crippen molar-refractivity contribution in [3.8, 4) is 11.5 Å². The number of halogens is 3. The minimum Gasteiger partial charge on any atom is -0.497 e. The molecule has 2 aromatic carbocycles. The van der Waals surface area contributed by atoms with E-state index in [0.717, 1.165) is 18.2 Å². The first kappa shape index (κ1) is 21.8. The smallest absolute Gasteiger partial charge is 0.418 e. The van der Waals surface area contributed by atoms with Gasteiger partial charge in [0, 0.05) is 24.8 Å². The summed E-state index contributed by atoms with van der Waals surface area (Å²) in [6.07, 6.45) is -2.21. The number of benzene rings is 2. The number of anilines is 2. The highest BCUT2D eigenvalue weighted by molar-refractivity contribution is 6.02. The molecule has 154 valence electrons. The van der Waals surface area contributed by atoms with Gasteiger partial charge < -0.3 is 20.1 Å². The minimum atomic E-state index is -4.72. The molecule has 9 heteroatoms. The van der Waals surface area contributed by atoms with Crippen LogP contribution in [0, 0.1) is 0 Å². The lowest BCUT2D eigenvalue weighted by Gasteiger charge is -2.15. The second kappa shape index (κ2) is 9.13. The van der Waals surface area contributed by atoms with Crippen LogP contribution in [0.1, 0.15) is 18.1 Å². The Balaban J connectivity index is 2.24. The van der Waals surface area contributed by atoms with Gasteiger partial charge in [-0.1, -0.05) is 0 Å². The zero-order valence-corrected chi connectivity index (χ0v) is 15.9. The lowest BCUT2D eigenvalue weighted by Crippen LogP contribution is -2.16. The first-order valence-corrected chi connectivity index (χ1v) is 8.33. The van der Waals surface area contributed by atoms with E-state index in [4.69, 9.17) is 9.47 Å². The first-order valence-electron chi connectivity index (χ1n) is 8.33. The summed E-state index contributed by atoms with van der Waals surface area (Å²) < 4.78 is 50.2. The maximum absolute atomic E-state index is 13.3. The molecule has 0 saturated heterocycles. The van der Waals surface area contributed by atoms with Crippen molar-refractivity contribution in [2.75, 3.05) is 24.9 Å². The Morgan fingerprint density at radius 2 is 1.59 bits per heavy atom. The molecule has 6 nitrogen and oxygen atoms in total. The average molecular weight is 408 g/mol. The van der Waals surface area contributed by atoms with Crippen molar-refractivity contribution < 1.29 is 32.2 Å². The van der Waals surface area contributed by atoms with Crippen molar-refractivity contribution in [2.45, 2.75) is 13.1 Å². The predicted molar refractivity (Wildman–Crippen MR) is 103 cm³/mol. The van der Waals surface area contributed by atoms with E-state index < -0.39 is 29.2 Å². The van der Waals surface area contributed by atoms with E-state index in [1.54, 1.807) is 18.2 Å². The Morgan fingerprint density at radius 1 is 0.966 bits per heavy atom. The minimum absolute atomic E-state index is 0.0261. The Morgan fingerprint density at radius 3 is 2.10 bits per heavy atom. The van der Waals surface area contributed by atoms with E-state index in [-0.39, 0.29) is 5.69 Å². The van der Waals surface area contributed by atoms with Crippen LogP contribution in [0.25, 0.3) is 6.08 Å². The fraction of sp³-hybridized carbons (Fsp3) is 0.200. The van der Waals surface area contributed by atoms with Crippen molar-refractivity contribution in [2.24, 2.45) is 0 Å². The second-order valence-electron chi connectivity index (χ2n) is 5.91. The van der Waals surface area contributed by atoms with E-state index in [9.17, 15) is 22.8 Å². The van der Waals surface area contributed by atoms with Crippen molar-refractivity contribution >= 4 is 29.3 Å². The van der Waals surface area contributed by atoms with Crippen LogP contribution in [0.3, 0.4) is 0 Å². The van der Waals surface area contributed by atoms with Gasteiger partial charge in [-0.3, -0.25) is 9.59 Å². The molecule has 0 radical (unpaired) electrons. The number of nitrogens with one attached hydrogen (secondary N) is 2. The monoisotopic (exact) mass is 408 g/mol. The molecule has 29 heavy (non-hydrogen) atoms. The molecule has 0 bridgehead atoms. The van der Waals surface area contributed by atoms with Crippen molar-refractivity contribution in [1.82, 2.24) is 0 Å². The third-order valence-electron chi connectivity index (χ3n) is 3.70. The van der Waals surface area contributed by atoms with Crippen molar-refractivity contribution in [3.05, 3.63) is 53.6 Å². The number of methoxy groups -OCH3 is 2. The number of ether oxygens (including phenoxy) is 2. The number of hydrogen-bond donors (Lipinski definition) is 2. The molecule has 2 N–H and O–H groups in total.